The summed E-state index contributed by atoms with van der Waals surface area (Å²) in [6.45, 7) is 5.77. The van der Waals surface area contributed by atoms with Crippen molar-refractivity contribution in [1.82, 2.24) is 5.32 Å². The molecule has 1 aliphatic rings. The molecule has 2 rings (SSSR count). The lowest BCUT2D eigenvalue weighted by molar-refractivity contribution is 0.172. The Bertz CT molecular complexity index is 363. The van der Waals surface area contributed by atoms with Gasteiger partial charge >= 0.3 is 0 Å². The highest BCUT2D eigenvalue weighted by molar-refractivity contribution is 5.50. The summed E-state index contributed by atoms with van der Waals surface area (Å²) in [5.41, 5.74) is 1.25. The average Bonchev–Trinajstić information content (AvgIpc) is 2.73. The number of benzene rings is 1. The fourth-order valence-corrected chi connectivity index (χ4v) is 2.17. The predicted octanol–water partition coefficient (Wildman–Crippen LogP) is 2.37. The zero-order valence-electron chi connectivity index (χ0n) is 10.1. The van der Waals surface area contributed by atoms with E-state index in [1.165, 1.54) is 5.56 Å². The van der Waals surface area contributed by atoms with Crippen LogP contribution in [-0.2, 0) is 0 Å². The fraction of sp³-hybridized carbons (Fsp3) is 0.538. The molecule has 0 aliphatic carbocycles. The van der Waals surface area contributed by atoms with Gasteiger partial charge < -0.3 is 14.8 Å². The first kappa shape index (κ1) is 11.3. The number of ether oxygens (including phenoxy) is 2. The van der Waals surface area contributed by atoms with E-state index < -0.39 is 0 Å². The second-order valence-electron chi connectivity index (χ2n) is 4.49. The first-order valence-electron chi connectivity index (χ1n) is 5.77. The summed E-state index contributed by atoms with van der Waals surface area (Å²) < 4.78 is 11.0. The van der Waals surface area contributed by atoms with E-state index in [1.807, 2.05) is 19.2 Å². The van der Waals surface area contributed by atoms with Crippen LogP contribution in [0.3, 0.4) is 0 Å². The van der Waals surface area contributed by atoms with Gasteiger partial charge in [0.2, 0.25) is 6.79 Å². The van der Waals surface area contributed by atoms with Gasteiger partial charge in [0.05, 0.1) is 0 Å². The van der Waals surface area contributed by atoms with Gasteiger partial charge in [-0.3, -0.25) is 0 Å². The summed E-state index contributed by atoms with van der Waals surface area (Å²) in [4.78, 5) is 0. The zero-order valence-corrected chi connectivity index (χ0v) is 10.1. The minimum atomic E-state index is 0.344. The third-order valence-corrected chi connectivity index (χ3v) is 3.06. The van der Waals surface area contributed by atoms with Gasteiger partial charge in [0.15, 0.2) is 11.5 Å². The summed E-state index contributed by atoms with van der Waals surface area (Å²) >= 11 is 0. The molecule has 3 nitrogen and oxygen atoms in total. The largest absolute Gasteiger partial charge is 0.454 e. The van der Waals surface area contributed by atoms with Crippen LogP contribution in [0.5, 0.6) is 11.5 Å². The maximum atomic E-state index is 5.56. The van der Waals surface area contributed by atoms with E-state index in [1.54, 1.807) is 0 Å². The molecule has 1 unspecified atom stereocenters. The molecule has 0 radical (unpaired) electrons. The van der Waals surface area contributed by atoms with Crippen molar-refractivity contribution in [3.63, 3.8) is 0 Å². The number of hydrogen-bond acceptors (Lipinski definition) is 3. The molecule has 1 aromatic rings. The van der Waals surface area contributed by atoms with E-state index in [9.17, 15) is 0 Å². The van der Waals surface area contributed by atoms with Crippen LogP contribution in [-0.4, -0.2) is 20.4 Å². The Labute approximate surface area is 96.8 Å². The lowest BCUT2D eigenvalue weighted by Gasteiger charge is -2.22. The van der Waals surface area contributed by atoms with Crippen molar-refractivity contribution in [2.24, 2.45) is 5.92 Å². The topological polar surface area (TPSA) is 30.5 Å². The molecule has 1 atom stereocenters. The maximum absolute atomic E-state index is 5.56. The number of likely N-dealkylation sites (N-methyl/N-ethyl adjacent to an activating group) is 1. The maximum Gasteiger partial charge on any atom is 0.231 e. The van der Waals surface area contributed by atoms with Crippen molar-refractivity contribution < 1.29 is 9.47 Å². The molecule has 1 aromatic carbocycles. The third kappa shape index (κ3) is 2.00. The Balaban J connectivity index is 2.34. The van der Waals surface area contributed by atoms with Gasteiger partial charge in [-0.1, -0.05) is 26.0 Å². The number of hydrogen-bond donors (Lipinski definition) is 1. The molecule has 1 heterocycles. The lowest BCUT2D eigenvalue weighted by atomic mass is 9.87. The second kappa shape index (κ2) is 4.74. The molecule has 0 spiro atoms. The molecule has 1 aliphatic heterocycles. The van der Waals surface area contributed by atoms with Gasteiger partial charge in [0.1, 0.15) is 0 Å². The number of rotatable bonds is 4. The molecule has 1 N–H and O–H groups in total. The molecule has 0 saturated carbocycles. The van der Waals surface area contributed by atoms with Gasteiger partial charge in [-0.2, -0.15) is 0 Å². The average molecular weight is 221 g/mol. The van der Waals surface area contributed by atoms with Crippen LogP contribution in [0.2, 0.25) is 0 Å². The molecule has 0 aromatic heterocycles. The van der Waals surface area contributed by atoms with Crippen LogP contribution >= 0.6 is 0 Å². The van der Waals surface area contributed by atoms with E-state index in [4.69, 9.17) is 9.47 Å². The molecular formula is C13H19NO2. The molecular weight excluding hydrogens is 202 g/mol. The summed E-state index contributed by atoms with van der Waals surface area (Å²) in [5, 5.41) is 3.24. The van der Waals surface area contributed by atoms with E-state index in [2.05, 4.69) is 25.2 Å². The minimum absolute atomic E-state index is 0.344. The Kier molecular flexibility index (Phi) is 3.34. The summed E-state index contributed by atoms with van der Waals surface area (Å²) in [6.07, 6.45) is 0. The normalized spacial score (nSPS) is 15.5. The highest BCUT2D eigenvalue weighted by Crippen LogP contribution is 2.40. The Morgan fingerprint density at radius 1 is 1.31 bits per heavy atom. The Morgan fingerprint density at radius 3 is 2.81 bits per heavy atom. The standard InChI is InChI=1S/C13H19NO2/c1-9(2)11(7-14-3)10-5-4-6-12-13(10)16-8-15-12/h4-6,9,11,14H,7-8H2,1-3H3. The first-order valence-corrected chi connectivity index (χ1v) is 5.77. The van der Waals surface area contributed by atoms with Crippen LogP contribution in [0.25, 0.3) is 0 Å². The Hall–Kier alpha value is -1.22. The SMILES string of the molecule is CNCC(c1cccc2c1OCO2)C(C)C. The first-order chi connectivity index (χ1) is 7.74. The molecule has 3 heteroatoms. The zero-order chi connectivity index (χ0) is 11.5. The van der Waals surface area contributed by atoms with Gasteiger partial charge in [0, 0.05) is 18.0 Å². The number of nitrogens with one attached hydrogen (secondary N) is 1. The van der Waals surface area contributed by atoms with Crippen LogP contribution in [0.4, 0.5) is 0 Å². The summed E-state index contributed by atoms with van der Waals surface area (Å²) in [5.74, 6) is 2.83. The molecule has 0 fully saturated rings. The van der Waals surface area contributed by atoms with E-state index in [0.29, 0.717) is 18.6 Å². The summed E-state index contributed by atoms with van der Waals surface area (Å²) in [7, 11) is 1.98. The second-order valence-corrected chi connectivity index (χ2v) is 4.49. The number of fused-ring (bicyclic) bond motifs is 1. The fourth-order valence-electron chi connectivity index (χ4n) is 2.17. The van der Waals surface area contributed by atoms with Crippen molar-refractivity contribution in [1.29, 1.82) is 0 Å². The molecule has 88 valence electrons. The molecule has 0 bridgehead atoms. The molecule has 0 amide bonds. The van der Waals surface area contributed by atoms with Crippen molar-refractivity contribution in [3.05, 3.63) is 23.8 Å². The van der Waals surface area contributed by atoms with Crippen molar-refractivity contribution in [3.8, 4) is 11.5 Å². The monoisotopic (exact) mass is 221 g/mol. The lowest BCUT2D eigenvalue weighted by Crippen LogP contribution is -2.21. The van der Waals surface area contributed by atoms with Crippen molar-refractivity contribution in [2.75, 3.05) is 20.4 Å². The molecule has 16 heavy (non-hydrogen) atoms. The van der Waals surface area contributed by atoms with E-state index in [0.717, 1.165) is 18.0 Å². The smallest absolute Gasteiger partial charge is 0.231 e. The predicted molar refractivity (Wildman–Crippen MR) is 64.1 cm³/mol. The summed E-state index contributed by atoms with van der Waals surface area (Å²) in [6, 6.07) is 6.13. The van der Waals surface area contributed by atoms with Crippen molar-refractivity contribution >= 4 is 0 Å². The van der Waals surface area contributed by atoms with Gasteiger partial charge in [-0.15, -0.1) is 0 Å². The van der Waals surface area contributed by atoms with Crippen LogP contribution in [0.15, 0.2) is 18.2 Å². The number of para-hydroxylation sites is 1. The van der Waals surface area contributed by atoms with Gasteiger partial charge in [-0.25, -0.2) is 0 Å². The Morgan fingerprint density at radius 2 is 2.12 bits per heavy atom. The van der Waals surface area contributed by atoms with Gasteiger partial charge in [-0.05, 0) is 19.0 Å². The van der Waals surface area contributed by atoms with E-state index >= 15 is 0 Å². The molecule has 0 saturated heterocycles. The highest BCUT2D eigenvalue weighted by Gasteiger charge is 2.24. The highest BCUT2D eigenvalue weighted by atomic mass is 16.7. The van der Waals surface area contributed by atoms with E-state index in [-0.39, 0.29) is 0 Å². The van der Waals surface area contributed by atoms with Crippen LogP contribution < -0.4 is 14.8 Å². The van der Waals surface area contributed by atoms with Crippen molar-refractivity contribution in [2.45, 2.75) is 19.8 Å². The van der Waals surface area contributed by atoms with Crippen LogP contribution in [0, 0.1) is 5.92 Å². The third-order valence-electron chi connectivity index (χ3n) is 3.06. The van der Waals surface area contributed by atoms with Crippen LogP contribution in [0.1, 0.15) is 25.3 Å². The van der Waals surface area contributed by atoms with Gasteiger partial charge in [0.25, 0.3) is 0 Å². The minimum Gasteiger partial charge on any atom is -0.454 e. The quantitative estimate of drug-likeness (QED) is 0.846.